The number of amides is 1. The van der Waals surface area contributed by atoms with E-state index in [2.05, 4.69) is 0 Å². The number of halogens is 1. The summed E-state index contributed by atoms with van der Waals surface area (Å²) in [6.07, 6.45) is -0.742. The van der Waals surface area contributed by atoms with E-state index < -0.39 is 18.3 Å². The number of carbonyl (C=O) groups is 1. The molecule has 3 atom stereocenters. The van der Waals surface area contributed by atoms with E-state index >= 15 is 0 Å². The highest BCUT2D eigenvalue weighted by Gasteiger charge is 2.37. The van der Waals surface area contributed by atoms with Crippen molar-refractivity contribution in [3.63, 3.8) is 0 Å². The summed E-state index contributed by atoms with van der Waals surface area (Å²) in [4.78, 5) is 13.4. The molecule has 0 aromatic heterocycles. The van der Waals surface area contributed by atoms with E-state index in [0.29, 0.717) is 12.1 Å². The number of nitrogens with two attached hydrogens (primary N) is 2. The predicted molar refractivity (Wildman–Crippen MR) is 73.2 cm³/mol. The predicted octanol–water partition coefficient (Wildman–Crippen LogP) is 0.601. The third kappa shape index (κ3) is 3.06. The summed E-state index contributed by atoms with van der Waals surface area (Å²) < 4.78 is 13.3. The molecular weight excluding hydrogens is 259 g/mol. The van der Waals surface area contributed by atoms with Crippen LogP contribution in [0.5, 0.6) is 0 Å². The lowest BCUT2D eigenvalue weighted by atomic mass is 10.0. The molecule has 0 saturated carbocycles. The number of hydrogen-bond acceptors (Lipinski definition) is 4. The first kappa shape index (κ1) is 14.3. The van der Waals surface area contributed by atoms with Gasteiger partial charge in [0.1, 0.15) is 12.2 Å². The molecule has 0 bridgehead atoms. The zero-order valence-corrected chi connectivity index (χ0v) is 11.0. The van der Waals surface area contributed by atoms with Crippen LogP contribution in [0, 0.1) is 11.3 Å². The van der Waals surface area contributed by atoms with E-state index in [1.165, 1.54) is 4.90 Å². The molecule has 0 unspecified atom stereocenters. The summed E-state index contributed by atoms with van der Waals surface area (Å²) in [5.41, 5.74) is 13.0. The summed E-state index contributed by atoms with van der Waals surface area (Å²) in [5, 5.41) is 8.94. The molecule has 0 aliphatic carbocycles. The Kier molecular flexibility index (Phi) is 4.20. The minimum absolute atomic E-state index is 0.0491. The summed E-state index contributed by atoms with van der Waals surface area (Å²) in [6, 6.07) is 7.52. The number of likely N-dealkylation sites (tertiary alicyclic amines) is 1. The minimum atomic E-state index is -1.15. The Hall–Kier alpha value is -2.13. The average Bonchev–Trinajstić information content (AvgIpc) is 2.81. The van der Waals surface area contributed by atoms with Gasteiger partial charge in [0.25, 0.3) is 0 Å². The van der Waals surface area contributed by atoms with Gasteiger partial charge in [0.15, 0.2) is 0 Å². The van der Waals surface area contributed by atoms with Gasteiger partial charge >= 0.3 is 0 Å². The number of nitrogen functional groups attached to an aromatic ring is 1. The topological polar surface area (TPSA) is 96.1 Å². The van der Waals surface area contributed by atoms with E-state index in [0.717, 1.165) is 5.56 Å². The molecule has 1 heterocycles. The van der Waals surface area contributed by atoms with Crippen LogP contribution in [0.1, 0.15) is 12.0 Å². The van der Waals surface area contributed by atoms with Crippen LogP contribution in [0.3, 0.4) is 0 Å². The van der Waals surface area contributed by atoms with Gasteiger partial charge in [-0.25, -0.2) is 4.39 Å². The van der Waals surface area contributed by atoms with Crippen molar-refractivity contribution in [2.45, 2.75) is 31.1 Å². The molecule has 0 spiro atoms. The lowest BCUT2D eigenvalue weighted by Gasteiger charge is -2.23. The van der Waals surface area contributed by atoms with Crippen LogP contribution >= 0.6 is 0 Å². The number of nitrogens with zero attached hydrogens (tertiary/aromatic N) is 2. The lowest BCUT2D eigenvalue weighted by molar-refractivity contribution is -0.132. The average molecular weight is 276 g/mol. The Morgan fingerprint density at radius 1 is 1.50 bits per heavy atom. The Bertz CT molecular complexity index is 525. The van der Waals surface area contributed by atoms with Crippen LogP contribution in [-0.4, -0.2) is 35.6 Å². The molecule has 1 aliphatic rings. The van der Waals surface area contributed by atoms with Crippen LogP contribution in [0.15, 0.2) is 24.3 Å². The number of rotatable bonds is 3. The van der Waals surface area contributed by atoms with Crippen molar-refractivity contribution in [2.24, 2.45) is 5.73 Å². The van der Waals surface area contributed by atoms with Crippen molar-refractivity contribution in [2.75, 3.05) is 12.3 Å². The highest BCUT2D eigenvalue weighted by molar-refractivity contribution is 5.83. The van der Waals surface area contributed by atoms with Crippen molar-refractivity contribution in [1.29, 1.82) is 5.26 Å². The number of carbonyl (C=O) groups excluding carboxylic acids is 1. The maximum absolute atomic E-state index is 13.3. The fraction of sp³-hybridized carbons (Fsp3) is 0.429. The van der Waals surface area contributed by atoms with Crippen molar-refractivity contribution < 1.29 is 9.18 Å². The first-order chi connectivity index (χ1) is 9.51. The molecule has 0 radical (unpaired) electrons. The van der Waals surface area contributed by atoms with Gasteiger partial charge in [-0.3, -0.25) is 4.79 Å². The van der Waals surface area contributed by atoms with Crippen LogP contribution in [0.2, 0.25) is 0 Å². The highest BCUT2D eigenvalue weighted by atomic mass is 19.1. The van der Waals surface area contributed by atoms with Crippen molar-refractivity contribution in [3.8, 4) is 6.07 Å². The summed E-state index contributed by atoms with van der Waals surface area (Å²) in [7, 11) is 0. The van der Waals surface area contributed by atoms with Gasteiger partial charge in [-0.1, -0.05) is 12.1 Å². The number of benzene rings is 1. The SMILES string of the molecule is N#C[C@@H]1C[C@H](F)CN1C(=O)[C@@H](N)Cc1ccc(N)cc1. The maximum Gasteiger partial charge on any atom is 0.241 e. The minimum Gasteiger partial charge on any atom is -0.399 e. The number of anilines is 1. The molecular formula is C14H17FN4O. The Labute approximate surface area is 117 Å². The van der Waals surface area contributed by atoms with E-state index in [-0.39, 0.29) is 18.9 Å². The second-order valence-electron chi connectivity index (χ2n) is 5.02. The van der Waals surface area contributed by atoms with Gasteiger partial charge in [0.05, 0.1) is 18.7 Å². The highest BCUT2D eigenvalue weighted by Crippen LogP contribution is 2.21. The van der Waals surface area contributed by atoms with Gasteiger partial charge in [-0.2, -0.15) is 5.26 Å². The molecule has 20 heavy (non-hydrogen) atoms. The summed E-state index contributed by atoms with van der Waals surface area (Å²) in [6.45, 7) is -0.0491. The standard InChI is InChI=1S/C14H17FN4O/c15-10-6-12(7-16)19(8-10)14(20)13(18)5-9-1-3-11(17)4-2-9/h1-4,10,12-13H,5-6,8,17-18H2/t10-,12-,13-/m0/s1. The number of nitriles is 1. The quantitative estimate of drug-likeness (QED) is 0.790. The molecule has 1 aliphatic heterocycles. The number of alkyl halides is 1. The summed E-state index contributed by atoms with van der Waals surface area (Å²) in [5.74, 6) is -0.381. The monoisotopic (exact) mass is 276 g/mol. The zero-order valence-electron chi connectivity index (χ0n) is 11.0. The van der Waals surface area contributed by atoms with Gasteiger partial charge < -0.3 is 16.4 Å². The lowest BCUT2D eigenvalue weighted by Crippen LogP contribution is -2.46. The fourth-order valence-corrected chi connectivity index (χ4v) is 2.36. The van der Waals surface area contributed by atoms with Crippen LogP contribution in [-0.2, 0) is 11.2 Å². The smallest absolute Gasteiger partial charge is 0.241 e. The van der Waals surface area contributed by atoms with Gasteiger partial charge in [0.2, 0.25) is 5.91 Å². The summed E-state index contributed by atoms with van der Waals surface area (Å²) >= 11 is 0. The third-order valence-electron chi connectivity index (χ3n) is 3.43. The normalized spacial score (nSPS) is 23.4. The number of hydrogen-bond donors (Lipinski definition) is 2. The van der Waals surface area contributed by atoms with Crippen molar-refractivity contribution >= 4 is 11.6 Å². The second kappa shape index (κ2) is 5.88. The van der Waals surface area contributed by atoms with Crippen molar-refractivity contribution in [3.05, 3.63) is 29.8 Å². The molecule has 4 N–H and O–H groups in total. The van der Waals surface area contributed by atoms with E-state index in [4.69, 9.17) is 16.7 Å². The molecule has 1 saturated heterocycles. The van der Waals surface area contributed by atoms with Crippen LogP contribution in [0.25, 0.3) is 0 Å². The van der Waals surface area contributed by atoms with Crippen LogP contribution < -0.4 is 11.5 Å². The molecule has 1 aromatic carbocycles. The first-order valence-corrected chi connectivity index (χ1v) is 6.45. The van der Waals surface area contributed by atoms with E-state index in [1.807, 2.05) is 6.07 Å². The van der Waals surface area contributed by atoms with Gasteiger partial charge in [-0.15, -0.1) is 0 Å². The first-order valence-electron chi connectivity index (χ1n) is 6.45. The van der Waals surface area contributed by atoms with Gasteiger partial charge in [0, 0.05) is 12.1 Å². The fourth-order valence-electron chi connectivity index (χ4n) is 2.36. The zero-order chi connectivity index (χ0) is 14.7. The molecule has 1 aromatic rings. The maximum atomic E-state index is 13.3. The largest absolute Gasteiger partial charge is 0.399 e. The molecule has 106 valence electrons. The molecule has 2 rings (SSSR count). The Morgan fingerprint density at radius 2 is 2.15 bits per heavy atom. The molecule has 1 fully saturated rings. The molecule has 6 heteroatoms. The van der Waals surface area contributed by atoms with E-state index in [1.54, 1.807) is 24.3 Å². The van der Waals surface area contributed by atoms with E-state index in [9.17, 15) is 9.18 Å². The van der Waals surface area contributed by atoms with Gasteiger partial charge in [-0.05, 0) is 24.1 Å². The van der Waals surface area contributed by atoms with Crippen LogP contribution in [0.4, 0.5) is 10.1 Å². The van der Waals surface area contributed by atoms with Crippen molar-refractivity contribution in [1.82, 2.24) is 4.90 Å². The third-order valence-corrected chi connectivity index (χ3v) is 3.43. The molecule has 1 amide bonds. The Balaban J connectivity index is 2.02. The second-order valence-corrected chi connectivity index (χ2v) is 5.02. The Morgan fingerprint density at radius 3 is 2.75 bits per heavy atom. The molecule has 5 nitrogen and oxygen atoms in total.